The Morgan fingerprint density at radius 2 is 1.92 bits per heavy atom. The summed E-state index contributed by atoms with van der Waals surface area (Å²) in [4.78, 5) is 11.2. The van der Waals surface area contributed by atoms with Crippen LogP contribution in [-0.2, 0) is 0 Å². The SMILES string of the molecule is O=C(CBr)c1cc(Cl)c(Cl)cc1O. The largest absolute Gasteiger partial charge is 0.507 e. The topological polar surface area (TPSA) is 37.3 Å². The molecule has 1 N–H and O–H groups in total. The first-order valence-electron chi connectivity index (χ1n) is 3.33. The van der Waals surface area contributed by atoms with Gasteiger partial charge in [0, 0.05) is 6.07 Å². The zero-order valence-electron chi connectivity index (χ0n) is 6.35. The average Bonchev–Trinajstić information content (AvgIpc) is 2.10. The van der Waals surface area contributed by atoms with Crippen LogP contribution in [0.2, 0.25) is 10.0 Å². The van der Waals surface area contributed by atoms with Gasteiger partial charge in [-0.15, -0.1) is 0 Å². The van der Waals surface area contributed by atoms with E-state index in [1.807, 2.05) is 0 Å². The summed E-state index contributed by atoms with van der Waals surface area (Å²) in [7, 11) is 0. The molecule has 0 spiro atoms. The number of hydrogen-bond acceptors (Lipinski definition) is 2. The van der Waals surface area contributed by atoms with Crippen LogP contribution in [0.5, 0.6) is 5.75 Å². The van der Waals surface area contributed by atoms with Gasteiger partial charge in [-0.25, -0.2) is 0 Å². The molecule has 1 aromatic carbocycles. The molecule has 5 heteroatoms. The van der Waals surface area contributed by atoms with E-state index in [4.69, 9.17) is 23.2 Å². The van der Waals surface area contributed by atoms with Gasteiger partial charge in [-0.2, -0.15) is 0 Å². The van der Waals surface area contributed by atoms with Gasteiger partial charge >= 0.3 is 0 Å². The first-order chi connectivity index (χ1) is 6.06. The smallest absolute Gasteiger partial charge is 0.177 e. The molecule has 0 amide bonds. The molecule has 0 aliphatic heterocycles. The highest BCUT2D eigenvalue weighted by Crippen LogP contribution is 2.30. The highest BCUT2D eigenvalue weighted by Gasteiger charge is 2.12. The second-order valence-corrected chi connectivity index (χ2v) is 3.72. The Morgan fingerprint density at radius 3 is 2.46 bits per heavy atom. The number of carbonyl (C=O) groups excluding carboxylic acids is 1. The number of alkyl halides is 1. The highest BCUT2D eigenvalue weighted by atomic mass is 79.9. The fourth-order valence-electron chi connectivity index (χ4n) is 0.832. The summed E-state index contributed by atoms with van der Waals surface area (Å²) in [6, 6.07) is 2.60. The van der Waals surface area contributed by atoms with Crippen LogP contribution in [0, 0.1) is 0 Å². The third-order valence-corrected chi connectivity index (χ3v) is 2.69. The van der Waals surface area contributed by atoms with Crippen LogP contribution in [0.3, 0.4) is 0 Å². The second kappa shape index (κ2) is 4.31. The lowest BCUT2D eigenvalue weighted by molar-refractivity contribution is 0.102. The third kappa shape index (κ3) is 2.36. The Bertz CT molecular complexity index is 352. The Hall–Kier alpha value is -0.250. The molecule has 13 heavy (non-hydrogen) atoms. The lowest BCUT2D eigenvalue weighted by Crippen LogP contribution is -2.00. The Labute approximate surface area is 93.6 Å². The van der Waals surface area contributed by atoms with E-state index in [9.17, 15) is 9.90 Å². The standard InChI is InChI=1S/C8H5BrCl2O2/c9-3-8(13)4-1-5(10)6(11)2-7(4)12/h1-2,12H,3H2. The maximum atomic E-state index is 11.2. The molecule has 0 saturated carbocycles. The van der Waals surface area contributed by atoms with Crippen LogP contribution in [0.4, 0.5) is 0 Å². The Morgan fingerprint density at radius 1 is 1.38 bits per heavy atom. The maximum Gasteiger partial charge on any atom is 0.177 e. The van der Waals surface area contributed by atoms with E-state index in [2.05, 4.69) is 15.9 Å². The number of phenols is 1. The quantitative estimate of drug-likeness (QED) is 0.668. The van der Waals surface area contributed by atoms with Gasteiger partial charge in [0.2, 0.25) is 0 Å². The van der Waals surface area contributed by atoms with Crippen molar-refractivity contribution in [2.24, 2.45) is 0 Å². The maximum absolute atomic E-state index is 11.2. The van der Waals surface area contributed by atoms with Gasteiger partial charge in [-0.1, -0.05) is 39.1 Å². The van der Waals surface area contributed by atoms with Crippen LogP contribution in [0.15, 0.2) is 12.1 Å². The number of hydrogen-bond donors (Lipinski definition) is 1. The predicted molar refractivity (Wildman–Crippen MR) is 56.3 cm³/mol. The molecule has 1 aromatic rings. The van der Waals surface area contributed by atoms with Crippen molar-refractivity contribution in [3.05, 3.63) is 27.7 Å². The fourth-order valence-corrected chi connectivity index (χ4v) is 1.46. The molecule has 0 bridgehead atoms. The molecular weight excluding hydrogens is 279 g/mol. The summed E-state index contributed by atoms with van der Waals surface area (Å²) in [5.41, 5.74) is 0.172. The molecule has 0 heterocycles. The van der Waals surface area contributed by atoms with Gasteiger partial charge in [-0.3, -0.25) is 4.79 Å². The molecule has 0 unspecified atom stereocenters. The molecule has 2 nitrogen and oxygen atoms in total. The molecule has 0 atom stereocenters. The minimum atomic E-state index is -0.240. The predicted octanol–water partition coefficient (Wildman–Crippen LogP) is 3.28. The number of carbonyl (C=O) groups is 1. The van der Waals surface area contributed by atoms with Crippen molar-refractivity contribution >= 4 is 44.9 Å². The molecule has 0 aliphatic rings. The van der Waals surface area contributed by atoms with Crippen LogP contribution >= 0.6 is 39.1 Å². The second-order valence-electron chi connectivity index (χ2n) is 2.34. The summed E-state index contributed by atoms with van der Waals surface area (Å²) in [5, 5.41) is 9.95. The number of Topliss-reactive ketones (excluding diaryl/α,β-unsaturated/α-hetero) is 1. The summed E-state index contributed by atoms with van der Waals surface area (Å²) in [5.74, 6) is -0.394. The van der Waals surface area contributed by atoms with E-state index in [0.717, 1.165) is 0 Å². The summed E-state index contributed by atoms with van der Waals surface area (Å²) in [6.07, 6.45) is 0. The first-order valence-corrected chi connectivity index (χ1v) is 5.21. The molecule has 0 saturated heterocycles. The van der Waals surface area contributed by atoms with E-state index >= 15 is 0 Å². The Kier molecular flexibility index (Phi) is 3.59. The van der Waals surface area contributed by atoms with Crippen molar-refractivity contribution in [2.75, 3.05) is 5.33 Å². The van der Waals surface area contributed by atoms with Gasteiger partial charge < -0.3 is 5.11 Å². The van der Waals surface area contributed by atoms with E-state index in [-0.39, 0.29) is 32.5 Å². The number of benzene rings is 1. The molecule has 0 radical (unpaired) electrons. The number of aromatic hydroxyl groups is 1. The number of phenolic OH excluding ortho intramolecular Hbond substituents is 1. The monoisotopic (exact) mass is 282 g/mol. The molecule has 0 aliphatic carbocycles. The molecular formula is C8H5BrCl2O2. The average molecular weight is 284 g/mol. The van der Waals surface area contributed by atoms with E-state index in [1.165, 1.54) is 12.1 Å². The molecule has 1 rings (SSSR count). The first kappa shape index (κ1) is 10.8. The van der Waals surface area contributed by atoms with E-state index in [1.54, 1.807) is 0 Å². The van der Waals surface area contributed by atoms with Crippen molar-refractivity contribution in [1.29, 1.82) is 0 Å². The van der Waals surface area contributed by atoms with Gasteiger partial charge in [0.25, 0.3) is 0 Å². The lowest BCUT2D eigenvalue weighted by Gasteiger charge is -2.03. The fraction of sp³-hybridized carbons (Fsp3) is 0.125. The van der Waals surface area contributed by atoms with Crippen LogP contribution in [0.25, 0.3) is 0 Å². The van der Waals surface area contributed by atoms with Crippen molar-refractivity contribution in [2.45, 2.75) is 0 Å². The van der Waals surface area contributed by atoms with E-state index in [0.29, 0.717) is 0 Å². The molecule has 0 fully saturated rings. The van der Waals surface area contributed by atoms with E-state index < -0.39 is 0 Å². The minimum absolute atomic E-state index is 0.137. The minimum Gasteiger partial charge on any atom is -0.507 e. The summed E-state index contributed by atoms with van der Waals surface area (Å²) < 4.78 is 0. The number of halogens is 3. The van der Waals surface area contributed by atoms with Gasteiger partial charge in [0.1, 0.15) is 5.75 Å². The van der Waals surface area contributed by atoms with Crippen LogP contribution in [-0.4, -0.2) is 16.2 Å². The van der Waals surface area contributed by atoms with Crippen molar-refractivity contribution in [3.63, 3.8) is 0 Å². The zero-order valence-corrected chi connectivity index (χ0v) is 9.45. The lowest BCUT2D eigenvalue weighted by atomic mass is 10.1. The number of rotatable bonds is 2. The highest BCUT2D eigenvalue weighted by molar-refractivity contribution is 9.09. The molecule has 70 valence electrons. The van der Waals surface area contributed by atoms with Gasteiger partial charge in [-0.05, 0) is 6.07 Å². The van der Waals surface area contributed by atoms with Crippen molar-refractivity contribution in [3.8, 4) is 5.75 Å². The normalized spacial score (nSPS) is 10.1. The van der Waals surface area contributed by atoms with Crippen molar-refractivity contribution in [1.82, 2.24) is 0 Å². The van der Waals surface area contributed by atoms with Crippen LogP contribution in [0.1, 0.15) is 10.4 Å². The number of ketones is 1. The third-order valence-electron chi connectivity index (χ3n) is 1.46. The zero-order chi connectivity index (χ0) is 10.0. The van der Waals surface area contributed by atoms with Gasteiger partial charge in [0.05, 0.1) is 20.9 Å². The summed E-state index contributed by atoms with van der Waals surface area (Å²) in [6.45, 7) is 0. The van der Waals surface area contributed by atoms with Crippen molar-refractivity contribution < 1.29 is 9.90 Å². The summed E-state index contributed by atoms with van der Waals surface area (Å²) >= 11 is 14.3. The van der Waals surface area contributed by atoms with Crippen LogP contribution < -0.4 is 0 Å². The van der Waals surface area contributed by atoms with Gasteiger partial charge in [0.15, 0.2) is 5.78 Å². The Balaban J connectivity index is 3.23. The molecule has 0 aromatic heterocycles.